The Hall–Kier alpha value is 1.54. The van der Waals surface area contributed by atoms with Crippen molar-refractivity contribution in [3.8, 4) is 0 Å². The second-order valence-electron chi connectivity index (χ2n) is 1.78. The Kier molecular flexibility index (Phi) is 140. The number of unbranched alkanes of at least 4 members (excludes halogenated alkanes) is 3. The summed E-state index contributed by atoms with van der Waals surface area (Å²) in [7, 11) is 0. The molecule has 0 spiro atoms. The van der Waals surface area contributed by atoms with Gasteiger partial charge in [0, 0.05) is 6.61 Å². The zero-order valence-corrected chi connectivity index (χ0v) is 12.2. The van der Waals surface area contributed by atoms with Gasteiger partial charge in [-0.1, -0.05) is 26.2 Å². The molecule has 0 aliphatic heterocycles. The maximum Gasteiger partial charge on any atom is 4.00 e. The minimum absolute atomic E-state index is 0. The number of rotatable bonds is 4. The van der Waals surface area contributed by atoms with E-state index in [9.17, 15) is 0 Å². The van der Waals surface area contributed by atoms with Crippen molar-refractivity contribution in [2.45, 2.75) is 39.5 Å². The molecule has 0 aromatic carbocycles. The van der Waals surface area contributed by atoms with Crippen LogP contribution in [0.15, 0.2) is 0 Å². The van der Waals surface area contributed by atoms with Crippen molar-refractivity contribution < 1.29 is 64.0 Å². The maximum absolute atomic E-state index is 8.29. The van der Waals surface area contributed by atoms with Gasteiger partial charge in [0.2, 0.25) is 0 Å². The molecule has 5 heteroatoms. The van der Waals surface area contributed by atoms with E-state index >= 15 is 0 Å². The smallest absolute Gasteiger partial charge is 1.00 e. The third-order valence-electron chi connectivity index (χ3n) is 1.01. The molecule has 0 aliphatic carbocycles. The second-order valence-corrected chi connectivity index (χ2v) is 1.78. The molecule has 0 aromatic heterocycles. The SMILES string of the molecule is CCCCCCO.[CH2-]C.[Cl-].[Cl-].[Cl-].[Ti+4]. The van der Waals surface area contributed by atoms with Crippen molar-refractivity contribution in [1.29, 1.82) is 0 Å². The van der Waals surface area contributed by atoms with Crippen molar-refractivity contribution in [3.63, 3.8) is 0 Å². The summed E-state index contributed by atoms with van der Waals surface area (Å²) in [6.07, 6.45) is 4.68. The Bertz CT molecular complexity index is 38.6. The molecule has 0 saturated heterocycles. The molecule has 0 fully saturated rings. The molecule has 0 aliphatic rings. The molecule has 13 heavy (non-hydrogen) atoms. The van der Waals surface area contributed by atoms with Gasteiger partial charge < -0.3 is 49.3 Å². The molecule has 1 N–H and O–H groups in total. The Morgan fingerprint density at radius 1 is 0.923 bits per heavy atom. The van der Waals surface area contributed by atoms with E-state index in [4.69, 9.17) is 5.11 Å². The van der Waals surface area contributed by atoms with E-state index in [-0.39, 0.29) is 58.9 Å². The summed E-state index contributed by atoms with van der Waals surface area (Å²) in [4.78, 5) is 0. The molecule has 0 aromatic rings. The summed E-state index contributed by atoms with van der Waals surface area (Å²) < 4.78 is 0. The standard InChI is InChI=1S/C6H14O.C2H5.3ClH.Ti/c1-2-3-4-5-6-7;1-2;;;;/h7H,2-6H2,1H3;1H2,2H3;3*1H;/q;-1;;;;+4/p-3. The van der Waals surface area contributed by atoms with Crippen molar-refractivity contribution in [2.24, 2.45) is 0 Å². The Morgan fingerprint density at radius 2 is 1.31 bits per heavy atom. The van der Waals surface area contributed by atoms with Gasteiger partial charge in [0.15, 0.2) is 0 Å². The quantitative estimate of drug-likeness (QED) is 0.309. The first-order chi connectivity index (χ1) is 4.41. The second kappa shape index (κ2) is 49.8. The molecule has 0 rings (SSSR count). The fourth-order valence-corrected chi connectivity index (χ4v) is 0.539. The average molecular weight is 285 g/mol. The van der Waals surface area contributed by atoms with Gasteiger partial charge in [-0.2, -0.15) is 6.92 Å². The van der Waals surface area contributed by atoms with Gasteiger partial charge in [0.05, 0.1) is 0 Å². The summed E-state index contributed by atoms with van der Waals surface area (Å²) >= 11 is 0. The van der Waals surface area contributed by atoms with Crippen molar-refractivity contribution in [2.75, 3.05) is 6.61 Å². The molecule has 82 valence electrons. The molecule has 0 unspecified atom stereocenters. The maximum atomic E-state index is 8.29. The zero-order valence-electron chi connectivity index (χ0n) is 8.32. The topological polar surface area (TPSA) is 20.2 Å². The van der Waals surface area contributed by atoms with Crippen LogP contribution < -0.4 is 37.2 Å². The number of hydrogen-bond donors (Lipinski definition) is 1. The van der Waals surface area contributed by atoms with Crippen LogP contribution in [0.25, 0.3) is 0 Å². The van der Waals surface area contributed by atoms with Gasteiger partial charge in [-0.25, -0.2) is 0 Å². The predicted molar refractivity (Wildman–Crippen MR) is 42.3 cm³/mol. The average Bonchev–Trinajstić information content (AvgIpc) is 1.94. The van der Waals surface area contributed by atoms with Crippen LogP contribution in [0.2, 0.25) is 0 Å². The molecular formula is C8H19Cl3OTi. The Labute approximate surface area is 117 Å². The van der Waals surface area contributed by atoms with E-state index in [0.717, 1.165) is 6.42 Å². The monoisotopic (exact) mass is 284 g/mol. The summed E-state index contributed by atoms with van der Waals surface area (Å²) in [6, 6.07) is 0. The summed E-state index contributed by atoms with van der Waals surface area (Å²) in [5.74, 6) is 0. The molecule has 1 nitrogen and oxygen atoms in total. The van der Waals surface area contributed by atoms with Gasteiger partial charge in [0.25, 0.3) is 0 Å². The van der Waals surface area contributed by atoms with Crippen LogP contribution in [0.5, 0.6) is 0 Å². The number of aliphatic hydroxyl groups is 1. The molecule has 0 saturated carbocycles. The molecule has 0 radical (unpaired) electrons. The third kappa shape index (κ3) is 58.7. The summed E-state index contributed by atoms with van der Waals surface area (Å²) in [5, 5.41) is 8.29. The van der Waals surface area contributed by atoms with Gasteiger partial charge in [0.1, 0.15) is 0 Å². The van der Waals surface area contributed by atoms with E-state index in [2.05, 4.69) is 13.8 Å². The van der Waals surface area contributed by atoms with Gasteiger partial charge in [-0.15, -0.1) is 0 Å². The third-order valence-corrected chi connectivity index (χ3v) is 1.01. The van der Waals surface area contributed by atoms with E-state index < -0.39 is 0 Å². The Balaban J connectivity index is -0.0000000191. The Morgan fingerprint density at radius 3 is 1.54 bits per heavy atom. The predicted octanol–water partition coefficient (Wildman–Crippen LogP) is -6.59. The van der Waals surface area contributed by atoms with Crippen molar-refractivity contribution in [3.05, 3.63) is 6.92 Å². The van der Waals surface area contributed by atoms with Gasteiger partial charge >= 0.3 is 21.7 Å². The van der Waals surface area contributed by atoms with Crippen LogP contribution in [0.1, 0.15) is 39.5 Å². The molecule has 0 bridgehead atoms. The summed E-state index contributed by atoms with van der Waals surface area (Å²) in [6.45, 7) is 7.53. The number of halogens is 3. The van der Waals surface area contributed by atoms with Crippen molar-refractivity contribution in [1.82, 2.24) is 0 Å². The van der Waals surface area contributed by atoms with Crippen molar-refractivity contribution >= 4 is 0 Å². The fraction of sp³-hybridized carbons (Fsp3) is 0.875. The van der Waals surface area contributed by atoms with Crippen LogP contribution in [-0.2, 0) is 21.7 Å². The number of aliphatic hydroxyl groups excluding tert-OH is 1. The van der Waals surface area contributed by atoms with E-state index in [1.807, 2.05) is 0 Å². The van der Waals surface area contributed by atoms with E-state index in [1.54, 1.807) is 6.92 Å². The molecule has 0 heterocycles. The molecule has 0 amide bonds. The summed E-state index contributed by atoms with van der Waals surface area (Å²) in [5.41, 5.74) is 0. The fourth-order valence-electron chi connectivity index (χ4n) is 0.539. The first-order valence-electron chi connectivity index (χ1n) is 3.73. The van der Waals surface area contributed by atoms with Crippen LogP contribution in [0.4, 0.5) is 0 Å². The molecular weight excluding hydrogens is 266 g/mol. The van der Waals surface area contributed by atoms with Crippen LogP contribution in [0.3, 0.4) is 0 Å². The first kappa shape index (κ1) is 36.5. The van der Waals surface area contributed by atoms with E-state index in [1.165, 1.54) is 19.3 Å². The van der Waals surface area contributed by atoms with Crippen LogP contribution in [-0.4, -0.2) is 11.7 Å². The van der Waals surface area contributed by atoms with E-state index in [0.29, 0.717) is 6.61 Å². The minimum atomic E-state index is 0. The minimum Gasteiger partial charge on any atom is -1.00 e. The zero-order chi connectivity index (χ0) is 7.54. The molecule has 0 atom stereocenters. The largest absolute Gasteiger partial charge is 4.00 e. The normalized spacial score (nSPS) is 5.54. The first-order valence-corrected chi connectivity index (χ1v) is 3.73. The number of hydrogen-bond acceptors (Lipinski definition) is 1. The van der Waals surface area contributed by atoms with Crippen LogP contribution >= 0.6 is 0 Å². The van der Waals surface area contributed by atoms with Crippen LogP contribution in [0, 0.1) is 6.92 Å². The van der Waals surface area contributed by atoms with Gasteiger partial charge in [-0.3, -0.25) is 0 Å². The van der Waals surface area contributed by atoms with Gasteiger partial charge in [-0.05, 0) is 6.42 Å².